The van der Waals surface area contributed by atoms with Crippen LogP contribution in [0.15, 0.2) is 42.5 Å². The monoisotopic (exact) mass is 305 g/mol. The zero-order valence-corrected chi connectivity index (χ0v) is 13.0. The molecule has 4 heteroatoms. The Hall–Kier alpha value is -1.71. The molecule has 0 aliphatic carbocycles. The molecule has 0 amide bonds. The standard InChI is InChI=1S/C17H20ClNO2/c1-12(2)19-10-14-5-8-17(16(18)9-14)21-11-13-3-6-15(20)7-4-13/h3-9,12,19-20H,10-11H2,1-2H3. The molecule has 2 rings (SSSR count). The number of nitrogens with one attached hydrogen (secondary N) is 1. The van der Waals surface area contributed by atoms with E-state index in [9.17, 15) is 5.11 Å². The topological polar surface area (TPSA) is 41.5 Å². The van der Waals surface area contributed by atoms with Crippen LogP contribution in [0.3, 0.4) is 0 Å². The predicted octanol–water partition coefficient (Wildman–Crippen LogP) is 4.12. The molecule has 0 aliphatic rings. The zero-order valence-electron chi connectivity index (χ0n) is 12.3. The summed E-state index contributed by atoms with van der Waals surface area (Å²) in [6.45, 7) is 5.42. The third kappa shape index (κ3) is 4.96. The van der Waals surface area contributed by atoms with E-state index in [2.05, 4.69) is 19.2 Å². The quantitative estimate of drug-likeness (QED) is 0.843. The molecule has 21 heavy (non-hydrogen) atoms. The van der Waals surface area contributed by atoms with Gasteiger partial charge in [-0.05, 0) is 35.4 Å². The van der Waals surface area contributed by atoms with Gasteiger partial charge in [0.05, 0.1) is 5.02 Å². The van der Waals surface area contributed by atoms with Crippen molar-refractivity contribution in [3.63, 3.8) is 0 Å². The number of aromatic hydroxyl groups is 1. The molecular formula is C17H20ClNO2. The minimum absolute atomic E-state index is 0.249. The van der Waals surface area contributed by atoms with Crippen LogP contribution >= 0.6 is 11.6 Å². The molecule has 0 aliphatic heterocycles. The Morgan fingerprint density at radius 1 is 1.10 bits per heavy atom. The third-order valence-corrected chi connectivity index (χ3v) is 3.34. The van der Waals surface area contributed by atoms with E-state index >= 15 is 0 Å². The average molecular weight is 306 g/mol. The van der Waals surface area contributed by atoms with Gasteiger partial charge in [0.25, 0.3) is 0 Å². The van der Waals surface area contributed by atoms with Crippen LogP contribution in [0.1, 0.15) is 25.0 Å². The van der Waals surface area contributed by atoms with Crippen molar-refractivity contribution in [1.29, 1.82) is 0 Å². The highest BCUT2D eigenvalue weighted by Gasteiger charge is 2.04. The van der Waals surface area contributed by atoms with Crippen molar-refractivity contribution in [2.75, 3.05) is 0 Å². The van der Waals surface area contributed by atoms with Crippen molar-refractivity contribution in [2.24, 2.45) is 0 Å². The van der Waals surface area contributed by atoms with E-state index in [-0.39, 0.29) is 5.75 Å². The number of benzene rings is 2. The van der Waals surface area contributed by atoms with E-state index in [0.717, 1.165) is 17.7 Å². The van der Waals surface area contributed by atoms with Crippen LogP contribution in [0.4, 0.5) is 0 Å². The van der Waals surface area contributed by atoms with Gasteiger partial charge in [-0.2, -0.15) is 0 Å². The Morgan fingerprint density at radius 2 is 1.76 bits per heavy atom. The van der Waals surface area contributed by atoms with Crippen LogP contribution in [-0.2, 0) is 13.2 Å². The van der Waals surface area contributed by atoms with Crippen molar-refractivity contribution < 1.29 is 9.84 Å². The van der Waals surface area contributed by atoms with E-state index < -0.39 is 0 Å². The van der Waals surface area contributed by atoms with E-state index in [1.807, 2.05) is 30.3 Å². The molecule has 2 aromatic rings. The second-order valence-corrected chi connectivity index (χ2v) is 5.66. The summed E-state index contributed by atoms with van der Waals surface area (Å²) in [7, 11) is 0. The first kappa shape index (κ1) is 15.7. The summed E-state index contributed by atoms with van der Waals surface area (Å²) >= 11 is 6.24. The molecule has 0 bridgehead atoms. The maximum atomic E-state index is 9.24. The highest BCUT2D eigenvalue weighted by Crippen LogP contribution is 2.26. The fraction of sp³-hybridized carbons (Fsp3) is 0.294. The number of hydrogen-bond acceptors (Lipinski definition) is 3. The molecule has 0 radical (unpaired) electrons. The van der Waals surface area contributed by atoms with Gasteiger partial charge in [0, 0.05) is 12.6 Å². The van der Waals surface area contributed by atoms with Crippen molar-refractivity contribution in [2.45, 2.75) is 33.0 Å². The Morgan fingerprint density at radius 3 is 2.38 bits per heavy atom. The van der Waals surface area contributed by atoms with Crippen molar-refractivity contribution in [3.05, 3.63) is 58.6 Å². The summed E-state index contributed by atoms with van der Waals surface area (Å²) in [6.07, 6.45) is 0. The number of phenolic OH excluding ortho intramolecular Hbond substituents is 1. The molecule has 0 saturated carbocycles. The minimum Gasteiger partial charge on any atom is -0.508 e. The number of phenols is 1. The second kappa shape index (κ2) is 7.34. The maximum absolute atomic E-state index is 9.24. The normalized spacial score (nSPS) is 10.9. The van der Waals surface area contributed by atoms with Gasteiger partial charge in [-0.15, -0.1) is 0 Å². The number of rotatable bonds is 6. The number of hydrogen-bond donors (Lipinski definition) is 2. The van der Waals surface area contributed by atoms with Gasteiger partial charge >= 0.3 is 0 Å². The van der Waals surface area contributed by atoms with Crippen molar-refractivity contribution >= 4 is 11.6 Å². The van der Waals surface area contributed by atoms with Crippen LogP contribution in [0.2, 0.25) is 5.02 Å². The molecule has 0 spiro atoms. The molecule has 0 unspecified atom stereocenters. The Balaban J connectivity index is 1.95. The first-order chi connectivity index (χ1) is 10.0. The van der Waals surface area contributed by atoms with Gasteiger partial charge in [0.15, 0.2) is 0 Å². The lowest BCUT2D eigenvalue weighted by atomic mass is 10.2. The largest absolute Gasteiger partial charge is 0.508 e. The van der Waals surface area contributed by atoms with Crippen LogP contribution in [0, 0.1) is 0 Å². The molecule has 0 aromatic heterocycles. The molecule has 2 N–H and O–H groups in total. The fourth-order valence-electron chi connectivity index (χ4n) is 1.85. The summed E-state index contributed by atoms with van der Waals surface area (Å²) in [4.78, 5) is 0. The molecule has 0 atom stereocenters. The van der Waals surface area contributed by atoms with Gasteiger partial charge < -0.3 is 15.2 Å². The lowest BCUT2D eigenvalue weighted by Crippen LogP contribution is -2.21. The second-order valence-electron chi connectivity index (χ2n) is 5.26. The Kier molecular flexibility index (Phi) is 5.48. The van der Waals surface area contributed by atoms with Crippen LogP contribution in [0.25, 0.3) is 0 Å². The predicted molar refractivity (Wildman–Crippen MR) is 85.9 cm³/mol. The smallest absolute Gasteiger partial charge is 0.138 e. The lowest BCUT2D eigenvalue weighted by molar-refractivity contribution is 0.306. The van der Waals surface area contributed by atoms with Gasteiger partial charge in [-0.1, -0.05) is 43.6 Å². The van der Waals surface area contributed by atoms with E-state index in [1.165, 1.54) is 0 Å². The molecule has 2 aromatic carbocycles. The molecule has 0 saturated heterocycles. The molecule has 0 fully saturated rings. The number of ether oxygens (including phenoxy) is 1. The fourth-order valence-corrected chi connectivity index (χ4v) is 2.10. The maximum Gasteiger partial charge on any atom is 0.138 e. The molecule has 112 valence electrons. The summed E-state index contributed by atoms with van der Waals surface area (Å²) in [5, 5.41) is 13.2. The van der Waals surface area contributed by atoms with E-state index in [4.69, 9.17) is 16.3 Å². The van der Waals surface area contributed by atoms with Gasteiger partial charge in [-0.25, -0.2) is 0 Å². The van der Waals surface area contributed by atoms with Gasteiger partial charge in [-0.3, -0.25) is 0 Å². The van der Waals surface area contributed by atoms with Gasteiger partial charge in [0.1, 0.15) is 18.1 Å². The highest BCUT2D eigenvalue weighted by atomic mass is 35.5. The molecular weight excluding hydrogens is 286 g/mol. The zero-order chi connectivity index (χ0) is 15.2. The molecule has 0 heterocycles. The SMILES string of the molecule is CC(C)NCc1ccc(OCc2ccc(O)cc2)c(Cl)c1. The van der Waals surface area contributed by atoms with Crippen LogP contribution in [0.5, 0.6) is 11.5 Å². The summed E-state index contributed by atoms with van der Waals surface area (Å²) in [5.74, 6) is 0.914. The summed E-state index contributed by atoms with van der Waals surface area (Å²) in [5.41, 5.74) is 2.11. The first-order valence-corrected chi connectivity index (χ1v) is 7.35. The van der Waals surface area contributed by atoms with Gasteiger partial charge in [0.2, 0.25) is 0 Å². The van der Waals surface area contributed by atoms with Crippen LogP contribution < -0.4 is 10.1 Å². The highest BCUT2D eigenvalue weighted by molar-refractivity contribution is 6.32. The Bertz CT molecular complexity index is 582. The van der Waals surface area contributed by atoms with E-state index in [1.54, 1.807) is 12.1 Å². The van der Waals surface area contributed by atoms with Crippen molar-refractivity contribution in [1.82, 2.24) is 5.32 Å². The lowest BCUT2D eigenvalue weighted by Gasteiger charge is -2.11. The van der Waals surface area contributed by atoms with Crippen molar-refractivity contribution in [3.8, 4) is 11.5 Å². The average Bonchev–Trinajstić information content (AvgIpc) is 2.46. The molecule has 3 nitrogen and oxygen atoms in total. The van der Waals surface area contributed by atoms with Crippen LogP contribution in [-0.4, -0.2) is 11.1 Å². The summed E-state index contributed by atoms with van der Waals surface area (Å²) in [6, 6.07) is 13.2. The third-order valence-electron chi connectivity index (χ3n) is 3.04. The first-order valence-electron chi connectivity index (χ1n) is 6.97. The summed E-state index contributed by atoms with van der Waals surface area (Å²) < 4.78 is 5.71. The minimum atomic E-state index is 0.249. The van der Waals surface area contributed by atoms with E-state index in [0.29, 0.717) is 23.4 Å². The number of halogens is 1. The Labute approximate surface area is 130 Å².